The topological polar surface area (TPSA) is 41.6 Å². The number of aromatic nitrogens is 2. The second-order valence-corrected chi connectivity index (χ2v) is 8.39. The third-order valence-corrected chi connectivity index (χ3v) is 6.64. The normalized spacial score (nSPS) is 33.5. The second kappa shape index (κ2) is 5.21. The minimum Gasteiger partial charge on any atom is -0.330 e. The smallest absolute Gasteiger partial charge is 0.115 e. The van der Waals surface area contributed by atoms with Crippen molar-refractivity contribution in [2.75, 3.05) is 0 Å². The molecule has 4 aliphatic carbocycles. The van der Waals surface area contributed by atoms with Crippen LogP contribution in [0.3, 0.4) is 0 Å². The van der Waals surface area contributed by atoms with Gasteiger partial charge >= 0.3 is 0 Å². The zero-order chi connectivity index (χ0) is 16.1. The summed E-state index contributed by atoms with van der Waals surface area (Å²) in [6.07, 6.45) is 12.5. The molecule has 4 saturated carbocycles. The second-order valence-electron chi connectivity index (χ2n) is 8.39. The van der Waals surface area contributed by atoms with E-state index in [-0.39, 0.29) is 0 Å². The quantitative estimate of drug-likeness (QED) is 0.848. The molecule has 3 nitrogen and oxygen atoms in total. The maximum Gasteiger partial charge on any atom is 0.115 e. The van der Waals surface area contributed by atoms with E-state index in [2.05, 4.69) is 22.9 Å². The van der Waals surface area contributed by atoms with Crippen LogP contribution in [0.15, 0.2) is 36.7 Å². The number of rotatable bonds is 3. The molecule has 24 heavy (non-hydrogen) atoms. The lowest BCUT2D eigenvalue weighted by atomic mass is 9.49. The molecule has 0 spiro atoms. The first kappa shape index (κ1) is 14.3. The first-order chi connectivity index (χ1) is 11.7. The van der Waals surface area contributed by atoms with E-state index in [1.807, 2.05) is 24.4 Å². The van der Waals surface area contributed by atoms with Crippen LogP contribution >= 0.6 is 0 Å². The summed E-state index contributed by atoms with van der Waals surface area (Å²) in [4.78, 5) is 4.84. The average Bonchev–Trinajstić information content (AvgIpc) is 3.03. The average molecular weight is 317 g/mol. The van der Waals surface area contributed by atoms with Crippen molar-refractivity contribution in [3.8, 4) is 6.07 Å². The molecule has 4 bridgehead atoms. The molecule has 0 N–H and O–H groups in total. The summed E-state index contributed by atoms with van der Waals surface area (Å²) in [6.45, 7) is 0.826. The van der Waals surface area contributed by atoms with Crippen LogP contribution in [0.1, 0.15) is 55.5 Å². The van der Waals surface area contributed by atoms with Gasteiger partial charge in [-0.25, -0.2) is 4.98 Å². The summed E-state index contributed by atoms with van der Waals surface area (Å²) in [5, 5.41) is 9.13. The molecule has 4 aliphatic rings. The summed E-state index contributed by atoms with van der Waals surface area (Å²) in [7, 11) is 0. The van der Waals surface area contributed by atoms with Gasteiger partial charge in [0.05, 0.1) is 11.6 Å². The maximum absolute atomic E-state index is 9.13. The first-order valence-corrected chi connectivity index (χ1v) is 9.25. The van der Waals surface area contributed by atoms with Gasteiger partial charge in [0.2, 0.25) is 0 Å². The Morgan fingerprint density at radius 2 is 1.83 bits per heavy atom. The third-order valence-electron chi connectivity index (χ3n) is 6.64. The van der Waals surface area contributed by atoms with Crippen LogP contribution in [-0.4, -0.2) is 9.55 Å². The van der Waals surface area contributed by atoms with Gasteiger partial charge in [0.15, 0.2) is 0 Å². The van der Waals surface area contributed by atoms with E-state index in [0.717, 1.165) is 29.9 Å². The number of hydrogen-bond acceptors (Lipinski definition) is 2. The molecule has 1 aromatic carbocycles. The minimum absolute atomic E-state index is 0.324. The number of nitrogens with zero attached hydrogens (tertiary/aromatic N) is 3. The van der Waals surface area contributed by atoms with Gasteiger partial charge in [0.1, 0.15) is 5.82 Å². The Morgan fingerprint density at radius 1 is 1.12 bits per heavy atom. The first-order valence-electron chi connectivity index (χ1n) is 9.25. The van der Waals surface area contributed by atoms with E-state index in [4.69, 9.17) is 10.2 Å². The Hall–Kier alpha value is -2.08. The molecule has 0 radical (unpaired) electrons. The van der Waals surface area contributed by atoms with Gasteiger partial charge in [0, 0.05) is 24.4 Å². The van der Waals surface area contributed by atoms with Crippen molar-refractivity contribution in [1.82, 2.24) is 9.55 Å². The van der Waals surface area contributed by atoms with Crippen LogP contribution in [0.5, 0.6) is 0 Å². The van der Waals surface area contributed by atoms with Gasteiger partial charge in [-0.05, 0) is 74.0 Å². The minimum atomic E-state index is 0.324. The largest absolute Gasteiger partial charge is 0.330 e. The van der Waals surface area contributed by atoms with Gasteiger partial charge in [-0.2, -0.15) is 5.26 Å². The molecule has 1 aromatic heterocycles. The van der Waals surface area contributed by atoms with Gasteiger partial charge < -0.3 is 4.57 Å². The molecular weight excluding hydrogens is 294 g/mol. The molecule has 0 atom stereocenters. The Balaban J connectivity index is 1.48. The lowest BCUT2D eigenvalue weighted by Crippen LogP contribution is -2.49. The van der Waals surface area contributed by atoms with Crippen molar-refractivity contribution in [2.24, 2.45) is 17.8 Å². The van der Waals surface area contributed by atoms with Crippen LogP contribution in [0.2, 0.25) is 0 Å². The molecule has 4 fully saturated rings. The van der Waals surface area contributed by atoms with Crippen LogP contribution < -0.4 is 0 Å². The molecule has 0 amide bonds. The zero-order valence-corrected chi connectivity index (χ0v) is 14.0. The van der Waals surface area contributed by atoms with Gasteiger partial charge in [-0.1, -0.05) is 12.1 Å². The van der Waals surface area contributed by atoms with Crippen LogP contribution in [0, 0.1) is 29.1 Å². The fraction of sp³-hybridized carbons (Fsp3) is 0.524. The lowest BCUT2D eigenvalue weighted by Gasteiger charge is -2.56. The van der Waals surface area contributed by atoms with Crippen molar-refractivity contribution < 1.29 is 0 Å². The summed E-state index contributed by atoms with van der Waals surface area (Å²) in [5.41, 5.74) is 2.26. The summed E-state index contributed by atoms with van der Waals surface area (Å²) < 4.78 is 2.35. The number of benzene rings is 1. The van der Waals surface area contributed by atoms with Crippen LogP contribution in [0.25, 0.3) is 0 Å². The van der Waals surface area contributed by atoms with Crippen molar-refractivity contribution in [1.29, 1.82) is 5.26 Å². The molecule has 3 heteroatoms. The van der Waals surface area contributed by atoms with Crippen molar-refractivity contribution >= 4 is 0 Å². The predicted octanol–water partition coefficient (Wildman–Crippen LogP) is 4.27. The van der Waals surface area contributed by atoms with E-state index >= 15 is 0 Å². The summed E-state index contributed by atoms with van der Waals surface area (Å²) >= 11 is 0. The van der Waals surface area contributed by atoms with Crippen molar-refractivity contribution in [3.63, 3.8) is 0 Å². The molecular formula is C21H23N3. The molecule has 2 aromatic rings. The SMILES string of the molecule is N#Cc1cccc(Cn2ccnc2C23CC4CC(CC(C4)C2)C3)c1. The zero-order valence-electron chi connectivity index (χ0n) is 14.0. The van der Waals surface area contributed by atoms with Crippen LogP contribution in [0.4, 0.5) is 0 Å². The Kier molecular flexibility index (Phi) is 3.10. The number of hydrogen-bond donors (Lipinski definition) is 0. The standard InChI is InChI=1S/C21H23N3/c22-13-15-2-1-3-16(6-15)14-24-5-4-23-20(24)21-10-17-7-18(11-21)9-19(8-17)12-21/h1-6,17-19H,7-12,14H2. The van der Waals surface area contributed by atoms with Gasteiger partial charge in [-0.15, -0.1) is 0 Å². The Bertz CT molecular complexity index is 775. The van der Waals surface area contributed by atoms with Gasteiger partial charge in [-0.3, -0.25) is 0 Å². The molecule has 122 valence electrons. The van der Waals surface area contributed by atoms with E-state index in [1.54, 1.807) is 0 Å². The molecule has 0 saturated heterocycles. The predicted molar refractivity (Wildman–Crippen MR) is 92.3 cm³/mol. The highest BCUT2D eigenvalue weighted by Crippen LogP contribution is 2.60. The Morgan fingerprint density at radius 3 is 2.50 bits per heavy atom. The molecule has 0 aliphatic heterocycles. The lowest BCUT2D eigenvalue weighted by molar-refractivity contribution is -0.0108. The Labute approximate surface area is 143 Å². The highest BCUT2D eigenvalue weighted by atomic mass is 15.1. The molecule has 6 rings (SSSR count). The van der Waals surface area contributed by atoms with E-state index in [0.29, 0.717) is 5.41 Å². The van der Waals surface area contributed by atoms with Gasteiger partial charge in [0.25, 0.3) is 0 Å². The summed E-state index contributed by atoms with van der Waals surface area (Å²) in [5.74, 6) is 4.11. The van der Waals surface area contributed by atoms with Crippen molar-refractivity contribution in [2.45, 2.75) is 50.5 Å². The van der Waals surface area contributed by atoms with E-state index in [9.17, 15) is 0 Å². The fourth-order valence-electron chi connectivity index (χ4n) is 6.22. The number of imidazole rings is 1. The van der Waals surface area contributed by atoms with E-state index < -0.39 is 0 Å². The molecule has 0 unspecified atom stereocenters. The molecule has 1 heterocycles. The highest BCUT2D eigenvalue weighted by molar-refractivity contribution is 5.33. The fourth-order valence-corrected chi connectivity index (χ4v) is 6.22. The monoisotopic (exact) mass is 317 g/mol. The highest BCUT2D eigenvalue weighted by Gasteiger charge is 2.53. The number of nitriles is 1. The van der Waals surface area contributed by atoms with Crippen LogP contribution in [-0.2, 0) is 12.0 Å². The summed E-state index contributed by atoms with van der Waals surface area (Å²) in [6, 6.07) is 10.2. The van der Waals surface area contributed by atoms with Crippen molar-refractivity contribution in [3.05, 3.63) is 53.6 Å². The maximum atomic E-state index is 9.13. The third kappa shape index (κ3) is 2.20. The van der Waals surface area contributed by atoms with E-state index in [1.165, 1.54) is 49.9 Å².